The smallest absolute Gasteiger partial charge is 0.224 e. The molecule has 4 rings (SSSR count). The predicted octanol–water partition coefficient (Wildman–Crippen LogP) is 5.43. The molecule has 2 aromatic carbocycles. The minimum Gasteiger partial charge on any atom is -0.224 e. The first kappa shape index (κ1) is 26.5. The van der Waals surface area contributed by atoms with E-state index in [1.165, 1.54) is 29.7 Å². The van der Waals surface area contributed by atoms with Gasteiger partial charge in [0.1, 0.15) is 5.82 Å². The number of nitrogens with zero attached hydrogens (tertiary/aromatic N) is 3. The molecule has 0 N–H and O–H groups in total. The molecule has 0 fully saturated rings. The van der Waals surface area contributed by atoms with E-state index < -0.39 is 9.84 Å². The standard InChI is InChI=1S/C23H22FN3O2S3.CO2/c1-14(2)30-22-21(16-8-10-19(11-9-16)32(4,28)29)25-23(31-22)27-13-20(15(3)26-27)17-6-5-7-18(24)12-17;2-1-3/h5-14H,1-4H3;. The van der Waals surface area contributed by atoms with Crippen LogP contribution in [-0.2, 0) is 19.4 Å². The summed E-state index contributed by atoms with van der Waals surface area (Å²) in [6.45, 7) is 6.11. The number of thiazole rings is 1. The van der Waals surface area contributed by atoms with Gasteiger partial charge in [-0.2, -0.15) is 14.7 Å². The highest BCUT2D eigenvalue weighted by molar-refractivity contribution is 8.01. The van der Waals surface area contributed by atoms with Crippen LogP contribution in [0.25, 0.3) is 27.5 Å². The monoisotopic (exact) mass is 531 g/mol. The van der Waals surface area contributed by atoms with E-state index in [4.69, 9.17) is 14.6 Å². The maximum absolute atomic E-state index is 13.7. The van der Waals surface area contributed by atoms with Crippen molar-refractivity contribution in [2.45, 2.75) is 35.1 Å². The highest BCUT2D eigenvalue weighted by Gasteiger charge is 2.19. The number of thioether (sulfide) groups is 1. The van der Waals surface area contributed by atoms with Gasteiger partial charge in [0.15, 0.2) is 9.84 Å². The van der Waals surface area contributed by atoms with E-state index in [0.29, 0.717) is 10.4 Å². The number of halogens is 1. The molecule has 0 unspecified atom stereocenters. The number of aromatic nitrogens is 3. The predicted molar refractivity (Wildman–Crippen MR) is 134 cm³/mol. The van der Waals surface area contributed by atoms with E-state index in [1.54, 1.807) is 46.8 Å². The Balaban J connectivity index is 0.00000108. The van der Waals surface area contributed by atoms with Crippen LogP contribution in [0, 0.1) is 12.7 Å². The lowest BCUT2D eigenvalue weighted by Crippen LogP contribution is -1.97. The summed E-state index contributed by atoms with van der Waals surface area (Å²) in [7, 11) is -3.26. The molecule has 0 spiro atoms. The number of sulfone groups is 1. The van der Waals surface area contributed by atoms with E-state index >= 15 is 0 Å². The molecule has 0 aliphatic heterocycles. The van der Waals surface area contributed by atoms with Gasteiger partial charge in [0.2, 0.25) is 5.13 Å². The van der Waals surface area contributed by atoms with Crippen molar-refractivity contribution >= 4 is 39.1 Å². The van der Waals surface area contributed by atoms with Gasteiger partial charge in [0, 0.05) is 28.8 Å². The maximum Gasteiger partial charge on any atom is 0.373 e. The number of hydrogen-bond donors (Lipinski definition) is 0. The molecule has 11 heteroatoms. The number of aryl methyl sites for hydroxylation is 1. The van der Waals surface area contributed by atoms with Crippen LogP contribution >= 0.6 is 23.1 Å². The fourth-order valence-electron chi connectivity index (χ4n) is 3.23. The highest BCUT2D eigenvalue weighted by Crippen LogP contribution is 2.40. The average Bonchev–Trinajstić information content (AvgIpc) is 3.37. The minimum atomic E-state index is -3.26. The summed E-state index contributed by atoms with van der Waals surface area (Å²) < 4.78 is 40.1. The molecular formula is C24H22FN3O4S3. The molecule has 2 aromatic heterocycles. The van der Waals surface area contributed by atoms with Crippen molar-refractivity contribution in [2.24, 2.45) is 0 Å². The Labute approximate surface area is 211 Å². The molecule has 0 saturated heterocycles. The van der Waals surface area contributed by atoms with Gasteiger partial charge in [0.25, 0.3) is 0 Å². The van der Waals surface area contributed by atoms with E-state index in [-0.39, 0.29) is 16.9 Å². The van der Waals surface area contributed by atoms with Crippen molar-refractivity contribution in [3.63, 3.8) is 0 Å². The Kier molecular flexibility index (Phi) is 8.39. The van der Waals surface area contributed by atoms with Crippen LogP contribution in [0.4, 0.5) is 4.39 Å². The molecule has 2 heterocycles. The Hall–Kier alpha value is -3.11. The van der Waals surface area contributed by atoms with Crippen LogP contribution in [0.1, 0.15) is 19.5 Å². The fourth-order valence-corrected chi connectivity index (χ4v) is 6.30. The quantitative estimate of drug-likeness (QED) is 0.306. The molecule has 0 saturated carbocycles. The van der Waals surface area contributed by atoms with Crippen molar-refractivity contribution in [1.29, 1.82) is 0 Å². The number of benzene rings is 2. The second-order valence-electron chi connectivity index (χ2n) is 7.76. The topological polar surface area (TPSA) is 99.0 Å². The summed E-state index contributed by atoms with van der Waals surface area (Å²) in [5.41, 5.74) is 4.03. The summed E-state index contributed by atoms with van der Waals surface area (Å²) in [6.07, 6.45) is 3.31. The number of hydrogen-bond acceptors (Lipinski definition) is 8. The SMILES string of the molecule is Cc1nn(-c2nc(-c3ccc(S(C)(=O)=O)cc3)c(SC(C)C)s2)cc1-c1cccc(F)c1.O=C=O. The highest BCUT2D eigenvalue weighted by atomic mass is 32.2. The van der Waals surface area contributed by atoms with Crippen LogP contribution in [0.2, 0.25) is 0 Å². The zero-order valence-electron chi connectivity index (χ0n) is 19.4. The first-order chi connectivity index (χ1) is 16.5. The van der Waals surface area contributed by atoms with Gasteiger partial charge in [-0.25, -0.2) is 22.5 Å². The summed E-state index contributed by atoms with van der Waals surface area (Å²) in [5, 5.41) is 5.66. The second-order valence-corrected chi connectivity index (χ2v) is 12.6. The maximum atomic E-state index is 13.7. The Morgan fingerprint density at radius 2 is 1.74 bits per heavy atom. The van der Waals surface area contributed by atoms with Crippen LogP contribution in [0.3, 0.4) is 0 Å². The van der Waals surface area contributed by atoms with E-state index in [2.05, 4.69) is 18.9 Å². The molecule has 35 heavy (non-hydrogen) atoms. The molecule has 4 aromatic rings. The van der Waals surface area contributed by atoms with Gasteiger partial charge in [-0.1, -0.05) is 49.4 Å². The van der Waals surface area contributed by atoms with Crippen molar-refractivity contribution < 1.29 is 22.4 Å². The molecule has 0 amide bonds. The molecule has 0 aliphatic carbocycles. The lowest BCUT2D eigenvalue weighted by molar-refractivity contribution is -0.191. The molecule has 0 radical (unpaired) electrons. The lowest BCUT2D eigenvalue weighted by Gasteiger charge is -2.05. The van der Waals surface area contributed by atoms with Crippen molar-refractivity contribution in [1.82, 2.24) is 14.8 Å². The van der Waals surface area contributed by atoms with Crippen molar-refractivity contribution in [2.75, 3.05) is 6.26 Å². The molecule has 0 bridgehead atoms. The van der Waals surface area contributed by atoms with Crippen LogP contribution in [0.5, 0.6) is 0 Å². The zero-order chi connectivity index (χ0) is 25.8. The van der Waals surface area contributed by atoms with Crippen LogP contribution in [-0.4, -0.2) is 40.8 Å². The summed E-state index contributed by atoms with van der Waals surface area (Å²) in [4.78, 5) is 21.4. The largest absolute Gasteiger partial charge is 0.373 e. The normalized spacial score (nSPS) is 11.1. The number of rotatable bonds is 6. The van der Waals surface area contributed by atoms with Gasteiger partial charge in [-0.3, -0.25) is 0 Å². The molecule has 0 atom stereocenters. The van der Waals surface area contributed by atoms with E-state index in [9.17, 15) is 12.8 Å². The Morgan fingerprint density at radius 1 is 1.09 bits per heavy atom. The summed E-state index contributed by atoms with van der Waals surface area (Å²) in [6, 6.07) is 13.2. The van der Waals surface area contributed by atoms with Gasteiger partial charge in [-0.15, -0.1) is 11.8 Å². The van der Waals surface area contributed by atoms with Crippen LogP contribution in [0.15, 0.2) is 63.8 Å². The molecular weight excluding hydrogens is 509 g/mol. The van der Waals surface area contributed by atoms with Crippen LogP contribution < -0.4 is 0 Å². The van der Waals surface area contributed by atoms with Crippen molar-refractivity contribution in [3.05, 3.63) is 66.2 Å². The third-order valence-electron chi connectivity index (χ3n) is 4.71. The van der Waals surface area contributed by atoms with Gasteiger partial charge >= 0.3 is 6.15 Å². The van der Waals surface area contributed by atoms with E-state index in [0.717, 1.165) is 32.3 Å². The summed E-state index contributed by atoms with van der Waals surface area (Å²) >= 11 is 3.23. The third kappa shape index (κ3) is 6.52. The minimum absolute atomic E-state index is 0.250. The van der Waals surface area contributed by atoms with Gasteiger partial charge in [0.05, 0.1) is 20.5 Å². The zero-order valence-corrected chi connectivity index (χ0v) is 21.8. The van der Waals surface area contributed by atoms with Crippen molar-refractivity contribution in [3.8, 4) is 27.5 Å². The summed E-state index contributed by atoms with van der Waals surface area (Å²) in [5.74, 6) is -0.292. The Morgan fingerprint density at radius 3 is 2.31 bits per heavy atom. The average molecular weight is 532 g/mol. The van der Waals surface area contributed by atoms with Gasteiger partial charge in [-0.05, 0) is 36.8 Å². The second kappa shape index (κ2) is 11.1. The number of carbonyl (C=O) groups excluding carboxylic acids is 2. The Bertz CT molecular complexity index is 1470. The third-order valence-corrected chi connectivity index (χ3v) is 8.10. The molecule has 7 nitrogen and oxygen atoms in total. The first-order valence-corrected chi connectivity index (χ1v) is 13.9. The van der Waals surface area contributed by atoms with Gasteiger partial charge < -0.3 is 0 Å². The first-order valence-electron chi connectivity index (χ1n) is 10.3. The lowest BCUT2D eigenvalue weighted by atomic mass is 10.1. The molecule has 0 aliphatic rings. The van der Waals surface area contributed by atoms with E-state index in [1.807, 2.05) is 19.2 Å². The fraction of sp³-hybridized carbons (Fsp3) is 0.208. The molecule has 182 valence electrons.